The van der Waals surface area contributed by atoms with Gasteiger partial charge in [0.25, 0.3) is 0 Å². The first-order chi connectivity index (χ1) is 9.47. The van der Waals surface area contributed by atoms with E-state index in [0.29, 0.717) is 12.4 Å². The van der Waals surface area contributed by atoms with E-state index in [0.717, 1.165) is 11.8 Å². The summed E-state index contributed by atoms with van der Waals surface area (Å²) >= 11 is 0. The van der Waals surface area contributed by atoms with Crippen LogP contribution in [0.1, 0.15) is 22.6 Å². The van der Waals surface area contributed by atoms with Gasteiger partial charge in [0, 0.05) is 19.3 Å². The minimum Gasteiger partial charge on any atom is -0.307 e. The number of nitrogens with zero attached hydrogens (tertiary/aromatic N) is 2. The van der Waals surface area contributed by atoms with Crippen LogP contribution in [0.4, 0.5) is 13.2 Å². The van der Waals surface area contributed by atoms with E-state index in [1.165, 1.54) is 12.1 Å². The van der Waals surface area contributed by atoms with Crippen molar-refractivity contribution in [1.82, 2.24) is 15.3 Å². The van der Waals surface area contributed by atoms with Crippen molar-refractivity contribution in [3.63, 3.8) is 0 Å². The van der Waals surface area contributed by atoms with Crippen molar-refractivity contribution in [2.75, 3.05) is 0 Å². The number of benzene rings is 1. The summed E-state index contributed by atoms with van der Waals surface area (Å²) in [6, 6.07) is 7.28. The van der Waals surface area contributed by atoms with Gasteiger partial charge in [-0.2, -0.15) is 13.2 Å². The van der Waals surface area contributed by atoms with Gasteiger partial charge in [-0.1, -0.05) is 18.2 Å². The number of halogens is 3. The van der Waals surface area contributed by atoms with Crippen LogP contribution in [0.5, 0.6) is 0 Å². The van der Waals surface area contributed by atoms with Crippen molar-refractivity contribution in [3.8, 4) is 0 Å². The normalized spacial score (nSPS) is 11.6. The van der Waals surface area contributed by atoms with Crippen molar-refractivity contribution < 1.29 is 13.2 Å². The van der Waals surface area contributed by atoms with E-state index in [1.54, 1.807) is 25.3 Å². The Morgan fingerprint density at radius 2 is 1.85 bits per heavy atom. The second kappa shape index (κ2) is 6.00. The molecule has 3 nitrogen and oxygen atoms in total. The van der Waals surface area contributed by atoms with Crippen LogP contribution >= 0.6 is 0 Å². The largest absolute Gasteiger partial charge is 0.416 e. The molecular weight excluding hydrogens is 267 g/mol. The van der Waals surface area contributed by atoms with Crippen LogP contribution in [0.3, 0.4) is 0 Å². The number of alkyl halides is 3. The molecule has 1 aromatic heterocycles. The lowest BCUT2D eigenvalue weighted by Crippen LogP contribution is -2.18. The fourth-order valence-electron chi connectivity index (χ4n) is 1.88. The molecule has 0 saturated heterocycles. The van der Waals surface area contributed by atoms with Gasteiger partial charge in [-0.25, -0.2) is 9.97 Å². The average molecular weight is 281 g/mol. The quantitative estimate of drug-likeness (QED) is 0.935. The van der Waals surface area contributed by atoms with Crippen LogP contribution in [0, 0.1) is 6.92 Å². The summed E-state index contributed by atoms with van der Waals surface area (Å²) in [5.41, 5.74) is 0.374. The molecule has 2 aromatic rings. The number of hydrogen-bond donors (Lipinski definition) is 1. The molecule has 0 unspecified atom stereocenters. The molecular formula is C14H14F3N3. The molecule has 0 aliphatic rings. The fraction of sp³-hybridized carbons (Fsp3) is 0.286. The van der Waals surface area contributed by atoms with Gasteiger partial charge < -0.3 is 5.32 Å². The number of hydrogen-bond acceptors (Lipinski definition) is 3. The Kier molecular flexibility index (Phi) is 4.34. The summed E-state index contributed by atoms with van der Waals surface area (Å²) in [6.45, 7) is 2.30. The minimum absolute atomic E-state index is 0.138. The van der Waals surface area contributed by atoms with E-state index in [2.05, 4.69) is 15.3 Å². The van der Waals surface area contributed by atoms with E-state index < -0.39 is 11.7 Å². The molecule has 0 aliphatic heterocycles. The zero-order valence-electron chi connectivity index (χ0n) is 10.9. The van der Waals surface area contributed by atoms with Gasteiger partial charge in [0.15, 0.2) is 0 Å². The summed E-state index contributed by atoms with van der Waals surface area (Å²) in [7, 11) is 0. The lowest BCUT2D eigenvalue weighted by Gasteiger charge is -2.13. The summed E-state index contributed by atoms with van der Waals surface area (Å²) in [4.78, 5) is 8.14. The van der Waals surface area contributed by atoms with Gasteiger partial charge in [-0.05, 0) is 24.6 Å². The molecule has 1 N–H and O–H groups in total. The van der Waals surface area contributed by atoms with Gasteiger partial charge in [0.2, 0.25) is 0 Å². The lowest BCUT2D eigenvalue weighted by molar-refractivity contribution is -0.138. The molecule has 0 aliphatic carbocycles. The molecule has 0 saturated carbocycles. The van der Waals surface area contributed by atoms with Crippen molar-refractivity contribution in [3.05, 3.63) is 59.2 Å². The predicted molar refractivity (Wildman–Crippen MR) is 68.8 cm³/mol. The van der Waals surface area contributed by atoms with E-state index >= 15 is 0 Å². The van der Waals surface area contributed by atoms with E-state index in [-0.39, 0.29) is 12.1 Å². The van der Waals surface area contributed by atoms with Gasteiger partial charge in [-0.15, -0.1) is 0 Å². The van der Waals surface area contributed by atoms with Gasteiger partial charge in [0.1, 0.15) is 5.82 Å². The minimum atomic E-state index is -4.33. The van der Waals surface area contributed by atoms with Crippen molar-refractivity contribution >= 4 is 0 Å². The van der Waals surface area contributed by atoms with Crippen LogP contribution < -0.4 is 5.32 Å². The molecule has 0 atom stereocenters. The van der Waals surface area contributed by atoms with Crippen LogP contribution in [-0.4, -0.2) is 9.97 Å². The summed E-state index contributed by atoms with van der Waals surface area (Å²) in [5, 5.41) is 2.97. The van der Waals surface area contributed by atoms with E-state index in [9.17, 15) is 13.2 Å². The highest BCUT2D eigenvalue weighted by Gasteiger charge is 2.32. The Hall–Kier alpha value is -1.95. The SMILES string of the molecule is Cc1nccc(CNCc2ccccc2C(F)(F)F)n1. The second-order valence-electron chi connectivity index (χ2n) is 4.35. The first-order valence-corrected chi connectivity index (χ1v) is 6.11. The zero-order chi connectivity index (χ0) is 14.6. The third kappa shape index (κ3) is 3.77. The maximum absolute atomic E-state index is 12.8. The zero-order valence-corrected chi connectivity index (χ0v) is 10.9. The first kappa shape index (κ1) is 14.5. The number of aromatic nitrogens is 2. The molecule has 2 rings (SSSR count). The number of nitrogens with one attached hydrogen (secondary N) is 1. The molecule has 0 fully saturated rings. The second-order valence-corrected chi connectivity index (χ2v) is 4.35. The third-order valence-corrected chi connectivity index (χ3v) is 2.78. The fourth-order valence-corrected chi connectivity index (χ4v) is 1.88. The van der Waals surface area contributed by atoms with E-state index in [4.69, 9.17) is 0 Å². The predicted octanol–water partition coefficient (Wildman–Crippen LogP) is 3.09. The van der Waals surface area contributed by atoms with Crippen LogP contribution in [-0.2, 0) is 19.3 Å². The topological polar surface area (TPSA) is 37.8 Å². The highest BCUT2D eigenvalue weighted by molar-refractivity contribution is 5.29. The van der Waals surface area contributed by atoms with Crippen LogP contribution in [0.25, 0.3) is 0 Å². The first-order valence-electron chi connectivity index (χ1n) is 6.11. The highest BCUT2D eigenvalue weighted by Crippen LogP contribution is 2.31. The molecule has 0 bridgehead atoms. The Balaban J connectivity index is 2.01. The van der Waals surface area contributed by atoms with E-state index in [1.807, 2.05) is 0 Å². The molecule has 0 amide bonds. The molecule has 0 radical (unpaired) electrons. The Morgan fingerprint density at radius 3 is 2.55 bits per heavy atom. The highest BCUT2D eigenvalue weighted by atomic mass is 19.4. The van der Waals surface area contributed by atoms with Crippen molar-refractivity contribution in [2.45, 2.75) is 26.2 Å². The molecule has 106 valence electrons. The number of rotatable bonds is 4. The molecule has 20 heavy (non-hydrogen) atoms. The van der Waals surface area contributed by atoms with Gasteiger partial charge >= 0.3 is 6.18 Å². The summed E-state index contributed by atoms with van der Waals surface area (Å²) in [6.07, 6.45) is -2.70. The maximum Gasteiger partial charge on any atom is 0.416 e. The van der Waals surface area contributed by atoms with Crippen LogP contribution in [0.2, 0.25) is 0 Å². The number of aryl methyl sites for hydroxylation is 1. The lowest BCUT2D eigenvalue weighted by atomic mass is 10.1. The molecule has 6 heteroatoms. The summed E-state index contributed by atoms with van der Waals surface area (Å²) < 4.78 is 38.4. The molecule has 1 heterocycles. The Labute approximate surface area is 114 Å². The Bertz CT molecular complexity index is 582. The molecule has 0 spiro atoms. The average Bonchev–Trinajstić information content (AvgIpc) is 2.38. The smallest absolute Gasteiger partial charge is 0.307 e. The Morgan fingerprint density at radius 1 is 1.10 bits per heavy atom. The van der Waals surface area contributed by atoms with Crippen molar-refractivity contribution in [1.29, 1.82) is 0 Å². The maximum atomic E-state index is 12.8. The van der Waals surface area contributed by atoms with Gasteiger partial charge in [0.05, 0.1) is 11.3 Å². The third-order valence-electron chi connectivity index (χ3n) is 2.78. The summed E-state index contributed by atoms with van der Waals surface area (Å²) in [5.74, 6) is 0.639. The van der Waals surface area contributed by atoms with Crippen molar-refractivity contribution in [2.24, 2.45) is 0 Å². The molecule has 1 aromatic carbocycles. The van der Waals surface area contributed by atoms with Crippen LogP contribution in [0.15, 0.2) is 36.5 Å². The standard InChI is InChI=1S/C14H14F3N3/c1-10-19-7-6-12(20-10)9-18-8-11-4-2-3-5-13(11)14(15,16)17/h2-7,18H,8-9H2,1H3. The van der Waals surface area contributed by atoms with Gasteiger partial charge in [-0.3, -0.25) is 0 Å². The monoisotopic (exact) mass is 281 g/mol.